The lowest BCUT2D eigenvalue weighted by atomic mass is 9.91. The van der Waals surface area contributed by atoms with Gasteiger partial charge in [0.1, 0.15) is 66.5 Å². The number of hydrogen-bond acceptors (Lipinski definition) is 12. The number of hydrogen-bond donors (Lipinski definition) is 5. The number of aliphatic hydroxyl groups excluding tert-OH is 1. The second-order valence-electron chi connectivity index (χ2n) is 27.2. The van der Waals surface area contributed by atoms with Gasteiger partial charge in [0, 0.05) is 49.3 Å². The van der Waals surface area contributed by atoms with Crippen molar-refractivity contribution >= 4 is 65.0 Å². The molecule has 1 aliphatic heterocycles. The van der Waals surface area contributed by atoms with Crippen LogP contribution < -0.4 is 21.3 Å². The van der Waals surface area contributed by atoms with Crippen molar-refractivity contribution in [2.75, 3.05) is 49.3 Å². The monoisotopic (exact) mass is 1230 g/mol. The summed E-state index contributed by atoms with van der Waals surface area (Å²) in [5.41, 5.74) is 0. The third-order valence-electron chi connectivity index (χ3n) is 16.8. The van der Waals surface area contributed by atoms with Crippen molar-refractivity contribution in [3.05, 3.63) is 12.2 Å². The molecule has 0 spiro atoms. The molecule has 87 heavy (non-hydrogen) atoms. The Kier molecular flexibility index (Phi) is 31.9. The van der Waals surface area contributed by atoms with Crippen molar-refractivity contribution in [3.63, 3.8) is 0 Å². The zero-order valence-electron chi connectivity index (χ0n) is 57.8. The van der Waals surface area contributed by atoms with Crippen LogP contribution in [0.25, 0.3) is 0 Å². The molecular formula is C64H115N11O12. The van der Waals surface area contributed by atoms with Crippen molar-refractivity contribution in [2.45, 2.75) is 236 Å². The van der Waals surface area contributed by atoms with Crippen molar-refractivity contribution in [3.8, 4) is 0 Å². The first-order valence-electron chi connectivity index (χ1n) is 31.4. The third kappa shape index (κ3) is 21.6. The van der Waals surface area contributed by atoms with Crippen LogP contribution in [-0.2, 0) is 52.7 Å². The lowest BCUT2D eigenvalue weighted by Gasteiger charge is -2.42. The van der Waals surface area contributed by atoms with Gasteiger partial charge in [-0.25, -0.2) is 0 Å². The van der Waals surface area contributed by atoms with Crippen LogP contribution >= 0.6 is 0 Å². The van der Waals surface area contributed by atoms with Gasteiger partial charge in [-0.15, -0.1) is 0 Å². The van der Waals surface area contributed by atoms with Crippen LogP contribution in [0.4, 0.5) is 0 Å². The summed E-state index contributed by atoms with van der Waals surface area (Å²) in [5.74, 6) is -10.4. The standard InChI is InChI=1S/C64H115N11O12/c1-27-28-29-41(16)53(76)52-57(80)68-49(38(10)11)62(85)69(20)44(19)59(82)70(21)46(31-35(4)5)56(79)67-50(39(12)13)63(86)71(22)45(30-34(2)3)55(78)65-42(17)54(77)66-43(18)58(81)72(23)47(32-36(6)7)60(83)73(24)48(33-37(8)9)61(84)74(25)51(40(14)15)64(87)75(52)26/h27-28,34-53,76H,29-33H2,1-26H3,(H,65,78)(H,66,77)(H,67,79)(H,68,80)/b28-27+/t41-,42+,43-,44-,45+,46+,47-,48+,49+,50+,51+,52?,53-/m1/s1. The maximum Gasteiger partial charge on any atom is 0.246 e. The molecule has 1 fully saturated rings. The van der Waals surface area contributed by atoms with E-state index in [0.29, 0.717) is 6.42 Å². The van der Waals surface area contributed by atoms with Crippen molar-refractivity contribution < 1.29 is 57.8 Å². The Morgan fingerprint density at radius 2 is 0.724 bits per heavy atom. The zero-order chi connectivity index (χ0) is 67.7. The van der Waals surface area contributed by atoms with Crippen LogP contribution in [0.3, 0.4) is 0 Å². The van der Waals surface area contributed by atoms with Gasteiger partial charge in [0.15, 0.2) is 0 Å². The van der Waals surface area contributed by atoms with E-state index in [0.717, 1.165) is 4.90 Å². The second-order valence-corrected chi connectivity index (χ2v) is 27.2. The van der Waals surface area contributed by atoms with Crippen molar-refractivity contribution in [1.29, 1.82) is 0 Å². The molecule has 1 aliphatic rings. The van der Waals surface area contributed by atoms with Crippen LogP contribution in [0.1, 0.15) is 164 Å². The number of nitrogens with one attached hydrogen (secondary N) is 4. The molecular weight excluding hydrogens is 1110 g/mol. The predicted octanol–water partition coefficient (Wildman–Crippen LogP) is 3.90. The van der Waals surface area contributed by atoms with Crippen LogP contribution in [0.5, 0.6) is 0 Å². The molecule has 0 aromatic carbocycles. The minimum atomic E-state index is -1.63. The van der Waals surface area contributed by atoms with Crippen molar-refractivity contribution in [2.24, 2.45) is 47.3 Å². The lowest BCUT2D eigenvalue weighted by Crippen LogP contribution is -2.64. The van der Waals surface area contributed by atoms with E-state index >= 15 is 14.4 Å². The van der Waals surface area contributed by atoms with Gasteiger partial charge >= 0.3 is 0 Å². The highest BCUT2D eigenvalue weighted by Gasteiger charge is 2.46. The summed E-state index contributed by atoms with van der Waals surface area (Å²) < 4.78 is 0. The van der Waals surface area contributed by atoms with Gasteiger partial charge in [0.2, 0.25) is 65.0 Å². The van der Waals surface area contributed by atoms with Crippen LogP contribution in [0.2, 0.25) is 0 Å². The molecule has 0 aliphatic carbocycles. The Hall–Kier alpha value is -6.13. The second kappa shape index (κ2) is 35.2. The SMILES string of the molecule is C/C=C/C[C@@H](C)[C@@H](O)C1C(=O)N[C@@H](C(C)C)C(=O)N(C)[C@H](C)C(=O)N(C)[C@@H](CC(C)C)C(=O)N[C@@H](C(C)C)C(=O)N(C)[C@@H](CC(C)C)C(=O)N[C@@H](C)C(=O)N[C@H](C)C(=O)N(C)[C@H](CC(C)C)C(=O)N(C)[C@@H](CC(C)C)C(=O)N(C)[C@@H](C(C)C)C(=O)N1C. The van der Waals surface area contributed by atoms with Crippen LogP contribution in [-0.4, -0.2) is 226 Å². The highest BCUT2D eigenvalue weighted by Crippen LogP contribution is 2.26. The molecule has 1 heterocycles. The average Bonchev–Trinajstić information content (AvgIpc) is 1.22. The number of amides is 11. The van der Waals surface area contributed by atoms with Crippen LogP contribution in [0, 0.1) is 47.3 Å². The summed E-state index contributed by atoms with van der Waals surface area (Å²) in [4.78, 5) is 170. The molecule has 23 nitrogen and oxygen atoms in total. The molecule has 0 saturated carbocycles. The Morgan fingerprint density at radius 1 is 0.379 bits per heavy atom. The van der Waals surface area contributed by atoms with Gasteiger partial charge in [0.05, 0.1) is 6.10 Å². The Balaban J connectivity index is 4.42. The maximum atomic E-state index is 15.2. The predicted molar refractivity (Wildman–Crippen MR) is 338 cm³/mol. The summed E-state index contributed by atoms with van der Waals surface area (Å²) in [6, 6.07) is -13.7. The summed E-state index contributed by atoms with van der Waals surface area (Å²) in [6.45, 7) is 33.1. The van der Waals surface area contributed by atoms with E-state index < -0.39 is 161 Å². The van der Waals surface area contributed by atoms with E-state index in [9.17, 15) is 43.5 Å². The van der Waals surface area contributed by atoms with E-state index in [-0.39, 0.29) is 49.4 Å². The van der Waals surface area contributed by atoms with Gasteiger partial charge in [0.25, 0.3) is 0 Å². The largest absolute Gasteiger partial charge is 0.390 e. The Bertz CT molecular complexity index is 2390. The van der Waals surface area contributed by atoms with Crippen molar-refractivity contribution in [1.82, 2.24) is 55.6 Å². The van der Waals surface area contributed by atoms with E-state index in [1.54, 1.807) is 61.5 Å². The number of likely N-dealkylation sites (N-methyl/N-ethyl adjacent to an activating group) is 7. The number of aliphatic hydroxyl groups is 1. The molecule has 23 heteroatoms. The normalized spacial score (nSPS) is 27.5. The van der Waals surface area contributed by atoms with E-state index in [4.69, 9.17) is 0 Å². The molecule has 13 atom stereocenters. The Labute approximate surface area is 521 Å². The molecule has 0 aromatic rings. The highest BCUT2D eigenvalue weighted by atomic mass is 16.3. The summed E-state index contributed by atoms with van der Waals surface area (Å²) in [6.07, 6.45) is 2.99. The molecule has 5 N–H and O–H groups in total. The molecule has 1 unspecified atom stereocenters. The fourth-order valence-electron chi connectivity index (χ4n) is 11.0. The maximum absolute atomic E-state index is 15.2. The summed E-state index contributed by atoms with van der Waals surface area (Å²) in [5, 5.41) is 23.3. The van der Waals surface area contributed by atoms with E-state index in [1.165, 1.54) is 99.5 Å². The number of carbonyl (C=O) groups is 11. The molecule has 0 radical (unpaired) electrons. The molecule has 11 amide bonds. The third-order valence-corrected chi connectivity index (χ3v) is 16.8. The number of allylic oxidation sites excluding steroid dienone is 2. The quantitative estimate of drug-likeness (QED) is 0.146. The smallest absolute Gasteiger partial charge is 0.246 e. The molecule has 0 bridgehead atoms. The van der Waals surface area contributed by atoms with Gasteiger partial charge in [-0.2, -0.15) is 0 Å². The highest BCUT2D eigenvalue weighted by molar-refractivity contribution is 6.00. The first-order chi connectivity index (χ1) is 40.0. The molecule has 0 aromatic heterocycles. The summed E-state index contributed by atoms with van der Waals surface area (Å²) in [7, 11) is 9.97. The topological polar surface area (TPSA) is 279 Å². The van der Waals surface area contributed by atoms with E-state index in [1.807, 2.05) is 61.5 Å². The zero-order valence-corrected chi connectivity index (χ0v) is 57.8. The Morgan fingerprint density at radius 3 is 1.14 bits per heavy atom. The number of nitrogens with zero attached hydrogens (tertiary/aromatic N) is 7. The minimum absolute atomic E-state index is 0.134. The van der Waals surface area contributed by atoms with Gasteiger partial charge in [-0.1, -0.05) is 116 Å². The van der Waals surface area contributed by atoms with E-state index in [2.05, 4.69) is 21.3 Å². The number of rotatable bonds is 15. The van der Waals surface area contributed by atoms with Gasteiger partial charge < -0.3 is 60.7 Å². The minimum Gasteiger partial charge on any atom is -0.390 e. The molecule has 1 rings (SSSR count). The fourth-order valence-corrected chi connectivity index (χ4v) is 11.0. The van der Waals surface area contributed by atoms with Crippen LogP contribution in [0.15, 0.2) is 12.2 Å². The molecule has 498 valence electrons. The fraction of sp³-hybridized carbons (Fsp3) is 0.797. The summed E-state index contributed by atoms with van der Waals surface area (Å²) >= 11 is 0. The number of carbonyl (C=O) groups excluding carboxylic acids is 11. The first kappa shape index (κ1) is 78.9. The first-order valence-corrected chi connectivity index (χ1v) is 31.4. The molecule has 1 saturated heterocycles. The lowest BCUT2D eigenvalue weighted by molar-refractivity contribution is -0.157. The average molecular weight is 1230 g/mol. The van der Waals surface area contributed by atoms with Gasteiger partial charge in [-0.3, -0.25) is 52.7 Å². The van der Waals surface area contributed by atoms with Gasteiger partial charge in [-0.05, 0) is 107 Å².